The average molecular weight is 366 g/mol. The van der Waals surface area contributed by atoms with E-state index in [0.29, 0.717) is 5.02 Å². The van der Waals surface area contributed by atoms with Crippen LogP contribution in [0.2, 0.25) is 5.02 Å². The van der Waals surface area contributed by atoms with E-state index in [0.717, 1.165) is 16.5 Å². The summed E-state index contributed by atoms with van der Waals surface area (Å²) in [5.74, 6) is 0. The third-order valence-electron chi connectivity index (χ3n) is 3.74. The minimum Gasteiger partial charge on any atom is -0.372 e. The lowest BCUT2D eigenvalue weighted by Crippen LogP contribution is -2.39. The number of benzene rings is 2. The zero-order chi connectivity index (χ0) is 17.6. The van der Waals surface area contributed by atoms with Gasteiger partial charge in [0.25, 0.3) is 0 Å². The van der Waals surface area contributed by atoms with E-state index in [2.05, 4.69) is 4.72 Å². The molecular weight excluding hydrogens is 346 g/mol. The Kier molecular flexibility index (Phi) is 6.18. The smallest absolute Gasteiger partial charge is 0.233 e. The molecule has 24 heavy (non-hydrogen) atoms. The number of halogens is 1. The first kappa shape index (κ1) is 18.7. The maximum Gasteiger partial charge on any atom is 0.233 e. The number of methoxy groups -OCH3 is 1. The summed E-state index contributed by atoms with van der Waals surface area (Å²) < 4.78 is 32.5. The molecule has 4 nitrogen and oxygen atoms in total. The van der Waals surface area contributed by atoms with Gasteiger partial charge < -0.3 is 4.74 Å². The van der Waals surface area contributed by atoms with Crippen LogP contribution in [0, 0.1) is 0 Å². The van der Waals surface area contributed by atoms with Gasteiger partial charge in [-0.3, -0.25) is 0 Å². The SMILES string of the molecule is CO[C@@](C)(CNS(=O)(=O)/C=C/c1ccccc1)c1cccc(Cl)c1. The number of sulfonamides is 1. The average Bonchev–Trinajstić information content (AvgIpc) is 2.59. The van der Waals surface area contributed by atoms with E-state index >= 15 is 0 Å². The Morgan fingerprint density at radius 1 is 1.17 bits per heavy atom. The van der Waals surface area contributed by atoms with Crippen LogP contribution >= 0.6 is 11.6 Å². The summed E-state index contributed by atoms with van der Waals surface area (Å²) in [7, 11) is -2.05. The fourth-order valence-corrected chi connectivity index (χ4v) is 3.23. The predicted molar refractivity (Wildman–Crippen MR) is 98.2 cm³/mol. The first-order valence-corrected chi connectivity index (χ1v) is 9.31. The van der Waals surface area contributed by atoms with E-state index in [-0.39, 0.29) is 6.54 Å². The van der Waals surface area contributed by atoms with Crippen LogP contribution in [-0.2, 0) is 20.4 Å². The van der Waals surface area contributed by atoms with Crippen LogP contribution in [0.25, 0.3) is 6.08 Å². The number of nitrogens with one attached hydrogen (secondary N) is 1. The number of hydrogen-bond acceptors (Lipinski definition) is 3. The molecule has 1 N–H and O–H groups in total. The quantitative estimate of drug-likeness (QED) is 0.812. The van der Waals surface area contributed by atoms with E-state index in [1.54, 1.807) is 24.3 Å². The first-order chi connectivity index (χ1) is 11.3. The summed E-state index contributed by atoms with van der Waals surface area (Å²) in [6, 6.07) is 16.4. The monoisotopic (exact) mass is 365 g/mol. The molecule has 0 aliphatic rings. The molecule has 0 bridgehead atoms. The van der Waals surface area contributed by atoms with Gasteiger partial charge in [0, 0.05) is 24.1 Å². The lowest BCUT2D eigenvalue weighted by Gasteiger charge is -2.28. The molecule has 2 aromatic carbocycles. The molecule has 0 amide bonds. The van der Waals surface area contributed by atoms with Crippen LogP contribution in [0.15, 0.2) is 60.0 Å². The van der Waals surface area contributed by atoms with Crippen LogP contribution in [-0.4, -0.2) is 22.1 Å². The van der Waals surface area contributed by atoms with Gasteiger partial charge in [-0.05, 0) is 36.3 Å². The first-order valence-electron chi connectivity index (χ1n) is 7.39. The molecule has 0 saturated carbocycles. The Morgan fingerprint density at radius 3 is 2.50 bits per heavy atom. The third kappa shape index (κ3) is 5.18. The molecule has 0 saturated heterocycles. The molecule has 0 aliphatic carbocycles. The predicted octanol–water partition coefficient (Wildman–Crippen LogP) is 3.79. The van der Waals surface area contributed by atoms with Crippen molar-refractivity contribution in [3.05, 3.63) is 76.2 Å². The number of rotatable bonds is 7. The lowest BCUT2D eigenvalue weighted by molar-refractivity contribution is 0.00705. The zero-order valence-corrected chi connectivity index (χ0v) is 15.1. The lowest BCUT2D eigenvalue weighted by atomic mass is 9.96. The highest BCUT2D eigenvalue weighted by Crippen LogP contribution is 2.26. The van der Waals surface area contributed by atoms with Crippen LogP contribution in [0.1, 0.15) is 18.1 Å². The number of hydrogen-bond donors (Lipinski definition) is 1. The molecule has 2 aromatic rings. The maximum absolute atomic E-state index is 12.2. The molecule has 2 rings (SSSR count). The molecule has 1 atom stereocenters. The molecule has 0 fully saturated rings. The van der Waals surface area contributed by atoms with Gasteiger partial charge in [-0.15, -0.1) is 0 Å². The Morgan fingerprint density at radius 2 is 1.88 bits per heavy atom. The molecular formula is C18H20ClNO3S. The van der Waals surface area contributed by atoms with Gasteiger partial charge in [-0.1, -0.05) is 54.1 Å². The standard InChI is InChI=1S/C18H20ClNO3S/c1-18(23-2,16-9-6-10-17(19)13-16)14-20-24(21,22)12-11-15-7-4-3-5-8-15/h3-13,20H,14H2,1-2H3/b12-11+/t18-/m0/s1. The van der Waals surface area contributed by atoms with Gasteiger partial charge in [0.2, 0.25) is 10.0 Å². The van der Waals surface area contributed by atoms with Crippen molar-refractivity contribution in [3.8, 4) is 0 Å². The highest BCUT2D eigenvalue weighted by Gasteiger charge is 2.28. The van der Waals surface area contributed by atoms with Gasteiger partial charge >= 0.3 is 0 Å². The second-order valence-electron chi connectivity index (χ2n) is 5.52. The molecule has 0 radical (unpaired) electrons. The fraction of sp³-hybridized carbons (Fsp3) is 0.222. The van der Waals surface area contributed by atoms with E-state index in [9.17, 15) is 8.42 Å². The summed E-state index contributed by atoms with van der Waals surface area (Å²) >= 11 is 6.01. The van der Waals surface area contributed by atoms with E-state index in [1.807, 2.05) is 43.3 Å². The van der Waals surface area contributed by atoms with Gasteiger partial charge in [0.1, 0.15) is 5.60 Å². The van der Waals surface area contributed by atoms with E-state index in [1.165, 1.54) is 7.11 Å². The topological polar surface area (TPSA) is 55.4 Å². The number of ether oxygens (including phenoxy) is 1. The summed E-state index contributed by atoms with van der Waals surface area (Å²) in [6.07, 6.45) is 1.55. The van der Waals surface area contributed by atoms with Crippen LogP contribution in [0.3, 0.4) is 0 Å². The Hall–Kier alpha value is -1.66. The van der Waals surface area contributed by atoms with Crippen LogP contribution in [0.4, 0.5) is 0 Å². The molecule has 128 valence electrons. The van der Waals surface area contributed by atoms with Crippen molar-refractivity contribution in [2.24, 2.45) is 0 Å². The summed E-state index contributed by atoms with van der Waals surface area (Å²) in [4.78, 5) is 0. The van der Waals surface area contributed by atoms with Crippen molar-refractivity contribution in [3.63, 3.8) is 0 Å². The molecule has 0 heterocycles. The van der Waals surface area contributed by atoms with Crippen LogP contribution in [0.5, 0.6) is 0 Å². The Labute approximate surface area is 148 Å². The van der Waals surface area contributed by atoms with Crippen molar-refractivity contribution in [2.75, 3.05) is 13.7 Å². The van der Waals surface area contributed by atoms with Crippen molar-refractivity contribution in [1.29, 1.82) is 0 Å². The Balaban J connectivity index is 2.10. The van der Waals surface area contributed by atoms with Crippen molar-refractivity contribution in [2.45, 2.75) is 12.5 Å². The van der Waals surface area contributed by atoms with Crippen molar-refractivity contribution >= 4 is 27.7 Å². The summed E-state index contributed by atoms with van der Waals surface area (Å²) in [5, 5.41) is 1.72. The second-order valence-corrected chi connectivity index (χ2v) is 7.61. The summed E-state index contributed by atoms with van der Waals surface area (Å²) in [6.45, 7) is 1.90. The van der Waals surface area contributed by atoms with Gasteiger partial charge in [-0.2, -0.15) is 0 Å². The molecule has 0 spiro atoms. The van der Waals surface area contributed by atoms with Gasteiger partial charge in [-0.25, -0.2) is 13.1 Å². The minimum absolute atomic E-state index is 0.0886. The normalized spacial score (nSPS) is 14.6. The largest absolute Gasteiger partial charge is 0.372 e. The maximum atomic E-state index is 12.2. The zero-order valence-electron chi connectivity index (χ0n) is 13.6. The molecule has 0 unspecified atom stereocenters. The molecule has 0 aromatic heterocycles. The van der Waals surface area contributed by atoms with Gasteiger partial charge in [0.15, 0.2) is 0 Å². The second kappa shape index (κ2) is 7.94. The highest BCUT2D eigenvalue weighted by atomic mass is 35.5. The minimum atomic E-state index is -3.58. The third-order valence-corrected chi connectivity index (χ3v) is 5.01. The highest BCUT2D eigenvalue weighted by molar-refractivity contribution is 7.92. The van der Waals surface area contributed by atoms with Gasteiger partial charge in [0.05, 0.1) is 0 Å². The summed E-state index contributed by atoms with van der Waals surface area (Å²) in [5.41, 5.74) is 0.790. The molecule has 0 aliphatic heterocycles. The van der Waals surface area contributed by atoms with Crippen LogP contribution < -0.4 is 4.72 Å². The van der Waals surface area contributed by atoms with Crippen molar-refractivity contribution in [1.82, 2.24) is 4.72 Å². The van der Waals surface area contributed by atoms with Crippen molar-refractivity contribution < 1.29 is 13.2 Å². The van der Waals surface area contributed by atoms with E-state index < -0.39 is 15.6 Å². The molecule has 6 heteroatoms. The fourth-order valence-electron chi connectivity index (χ4n) is 2.13. The Bertz CT molecular complexity index is 806. The van der Waals surface area contributed by atoms with E-state index in [4.69, 9.17) is 16.3 Å².